The predicted molar refractivity (Wildman–Crippen MR) is 70.9 cm³/mol. The Morgan fingerprint density at radius 1 is 1.45 bits per heavy atom. The van der Waals surface area contributed by atoms with Crippen LogP contribution in [0.1, 0.15) is 15.2 Å². The maximum absolute atomic E-state index is 13.7. The number of aliphatic hydroxyl groups is 1. The SMILES string of the molecule is Cc1c(C(=O)NCC(F)(F)CO)sc2cccc(F)c12. The van der Waals surface area contributed by atoms with Gasteiger partial charge < -0.3 is 10.4 Å². The summed E-state index contributed by atoms with van der Waals surface area (Å²) in [6, 6.07) is 4.47. The van der Waals surface area contributed by atoms with Crippen LogP contribution in [-0.2, 0) is 0 Å². The molecule has 7 heteroatoms. The van der Waals surface area contributed by atoms with Gasteiger partial charge in [-0.3, -0.25) is 4.79 Å². The summed E-state index contributed by atoms with van der Waals surface area (Å²) in [6.07, 6.45) is 0. The molecule has 20 heavy (non-hydrogen) atoms. The Morgan fingerprint density at radius 2 is 2.15 bits per heavy atom. The van der Waals surface area contributed by atoms with Gasteiger partial charge in [0.2, 0.25) is 0 Å². The van der Waals surface area contributed by atoms with E-state index in [0.29, 0.717) is 15.6 Å². The molecule has 0 atom stereocenters. The predicted octanol–water partition coefficient (Wildman–Crippen LogP) is 2.71. The number of aliphatic hydroxyl groups excluding tert-OH is 1. The number of aryl methyl sites for hydroxylation is 1. The van der Waals surface area contributed by atoms with Gasteiger partial charge in [-0.05, 0) is 24.6 Å². The molecule has 0 spiro atoms. The lowest BCUT2D eigenvalue weighted by Gasteiger charge is -2.13. The molecule has 1 heterocycles. The average Bonchev–Trinajstić information content (AvgIpc) is 2.75. The van der Waals surface area contributed by atoms with Crippen molar-refractivity contribution >= 4 is 27.3 Å². The first kappa shape index (κ1) is 14.8. The molecule has 1 aromatic heterocycles. The zero-order valence-electron chi connectivity index (χ0n) is 10.5. The fourth-order valence-electron chi connectivity index (χ4n) is 1.82. The third-order valence-corrected chi connectivity index (χ3v) is 4.10. The number of alkyl halides is 2. The third kappa shape index (κ3) is 2.78. The minimum absolute atomic E-state index is 0.193. The van der Waals surface area contributed by atoms with Crippen LogP contribution in [0.3, 0.4) is 0 Å². The van der Waals surface area contributed by atoms with Crippen molar-refractivity contribution < 1.29 is 23.1 Å². The molecule has 0 aliphatic rings. The zero-order valence-corrected chi connectivity index (χ0v) is 11.4. The van der Waals surface area contributed by atoms with Crippen molar-refractivity contribution in [3.8, 4) is 0 Å². The lowest BCUT2D eigenvalue weighted by Crippen LogP contribution is -2.38. The summed E-state index contributed by atoms with van der Waals surface area (Å²) < 4.78 is 40.0. The largest absolute Gasteiger partial charge is 0.390 e. The molecule has 0 aliphatic heterocycles. The lowest BCUT2D eigenvalue weighted by molar-refractivity contribution is -0.0461. The summed E-state index contributed by atoms with van der Waals surface area (Å²) in [5, 5.41) is 10.8. The highest BCUT2D eigenvalue weighted by atomic mass is 32.1. The van der Waals surface area contributed by atoms with Gasteiger partial charge in [0.25, 0.3) is 11.8 Å². The smallest absolute Gasteiger partial charge is 0.287 e. The van der Waals surface area contributed by atoms with Crippen molar-refractivity contribution in [2.75, 3.05) is 13.2 Å². The van der Waals surface area contributed by atoms with Gasteiger partial charge >= 0.3 is 0 Å². The number of rotatable bonds is 4. The third-order valence-electron chi connectivity index (χ3n) is 2.85. The van der Waals surface area contributed by atoms with Crippen LogP contribution in [0.15, 0.2) is 18.2 Å². The maximum Gasteiger partial charge on any atom is 0.287 e. The van der Waals surface area contributed by atoms with Crippen LogP contribution in [0.25, 0.3) is 10.1 Å². The number of halogens is 3. The number of thiophene rings is 1. The molecule has 2 aromatic rings. The van der Waals surface area contributed by atoms with Crippen LogP contribution in [0, 0.1) is 12.7 Å². The second-order valence-corrected chi connectivity index (χ2v) is 5.42. The fourth-order valence-corrected chi connectivity index (χ4v) is 2.95. The first-order valence-corrected chi connectivity index (χ1v) is 6.62. The summed E-state index contributed by atoms with van der Waals surface area (Å²) in [5.41, 5.74) is 0.424. The van der Waals surface area contributed by atoms with Crippen molar-refractivity contribution in [3.05, 3.63) is 34.5 Å². The van der Waals surface area contributed by atoms with E-state index >= 15 is 0 Å². The second-order valence-electron chi connectivity index (χ2n) is 4.37. The van der Waals surface area contributed by atoms with Gasteiger partial charge in [0.15, 0.2) is 0 Å². The minimum atomic E-state index is -3.37. The summed E-state index contributed by atoms with van der Waals surface area (Å²) in [5.74, 6) is -4.52. The summed E-state index contributed by atoms with van der Waals surface area (Å²) >= 11 is 1.04. The van der Waals surface area contributed by atoms with E-state index < -0.39 is 30.8 Å². The number of hydrogen-bond acceptors (Lipinski definition) is 3. The highest BCUT2D eigenvalue weighted by Crippen LogP contribution is 2.32. The van der Waals surface area contributed by atoms with E-state index in [1.807, 2.05) is 0 Å². The van der Waals surface area contributed by atoms with Crippen molar-refractivity contribution in [2.45, 2.75) is 12.8 Å². The van der Waals surface area contributed by atoms with E-state index in [0.717, 1.165) is 11.3 Å². The number of benzene rings is 1. The first-order chi connectivity index (χ1) is 9.35. The Kier molecular flexibility index (Phi) is 4.01. The second kappa shape index (κ2) is 5.41. The molecule has 0 unspecified atom stereocenters. The highest BCUT2D eigenvalue weighted by Gasteiger charge is 2.29. The fraction of sp³-hybridized carbons (Fsp3) is 0.308. The van der Waals surface area contributed by atoms with Crippen LogP contribution in [-0.4, -0.2) is 30.1 Å². The highest BCUT2D eigenvalue weighted by molar-refractivity contribution is 7.21. The molecule has 108 valence electrons. The Hall–Kier alpha value is -1.60. The van der Waals surface area contributed by atoms with Crippen LogP contribution >= 0.6 is 11.3 Å². The van der Waals surface area contributed by atoms with E-state index in [1.54, 1.807) is 13.0 Å². The molecule has 2 rings (SSSR count). The molecule has 0 saturated carbocycles. The van der Waals surface area contributed by atoms with Crippen LogP contribution in [0.5, 0.6) is 0 Å². The quantitative estimate of drug-likeness (QED) is 0.912. The number of amides is 1. The molecule has 0 aliphatic carbocycles. The monoisotopic (exact) mass is 303 g/mol. The number of carbonyl (C=O) groups is 1. The summed E-state index contributed by atoms with van der Waals surface area (Å²) in [4.78, 5) is 12.1. The Bertz CT molecular complexity index is 654. The van der Waals surface area contributed by atoms with Gasteiger partial charge in [0, 0.05) is 10.1 Å². The van der Waals surface area contributed by atoms with E-state index in [1.165, 1.54) is 12.1 Å². The van der Waals surface area contributed by atoms with E-state index in [9.17, 15) is 18.0 Å². The Balaban J connectivity index is 2.27. The number of carbonyl (C=O) groups excluding carboxylic acids is 1. The number of fused-ring (bicyclic) bond motifs is 1. The van der Waals surface area contributed by atoms with E-state index in [2.05, 4.69) is 5.32 Å². The van der Waals surface area contributed by atoms with E-state index in [-0.39, 0.29) is 4.88 Å². The lowest BCUT2D eigenvalue weighted by atomic mass is 10.1. The molecule has 0 bridgehead atoms. The average molecular weight is 303 g/mol. The molecular weight excluding hydrogens is 291 g/mol. The number of hydrogen-bond donors (Lipinski definition) is 2. The standard InChI is InChI=1S/C13H12F3NO2S/c1-7-10-8(14)3-2-4-9(10)20-11(7)12(19)17-5-13(15,16)6-18/h2-4,18H,5-6H2,1H3,(H,17,19). The summed E-state index contributed by atoms with van der Waals surface area (Å²) in [7, 11) is 0. The van der Waals surface area contributed by atoms with Crippen LogP contribution in [0.4, 0.5) is 13.2 Å². The topological polar surface area (TPSA) is 49.3 Å². The molecular formula is C13H12F3NO2S. The molecule has 2 N–H and O–H groups in total. The van der Waals surface area contributed by atoms with Crippen molar-refractivity contribution in [3.63, 3.8) is 0 Å². The number of nitrogens with one attached hydrogen (secondary N) is 1. The normalized spacial score (nSPS) is 11.8. The van der Waals surface area contributed by atoms with E-state index in [4.69, 9.17) is 5.11 Å². The minimum Gasteiger partial charge on any atom is -0.390 e. The van der Waals surface area contributed by atoms with Gasteiger partial charge in [0.05, 0.1) is 11.4 Å². The Labute approximate surface area is 117 Å². The molecule has 3 nitrogen and oxygen atoms in total. The first-order valence-electron chi connectivity index (χ1n) is 5.80. The van der Waals surface area contributed by atoms with Crippen molar-refractivity contribution in [2.24, 2.45) is 0 Å². The van der Waals surface area contributed by atoms with Crippen LogP contribution in [0.2, 0.25) is 0 Å². The van der Waals surface area contributed by atoms with Gasteiger partial charge in [-0.25, -0.2) is 13.2 Å². The van der Waals surface area contributed by atoms with Gasteiger partial charge in [-0.15, -0.1) is 11.3 Å². The van der Waals surface area contributed by atoms with Crippen molar-refractivity contribution in [1.82, 2.24) is 5.32 Å². The molecule has 0 fully saturated rings. The van der Waals surface area contributed by atoms with Crippen LogP contribution < -0.4 is 5.32 Å². The molecule has 0 radical (unpaired) electrons. The van der Waals surface area contributed by atoms with Gasteiger partial charge in [-0.2, -0.15) is 0 Å². The zero-order chi connectivity index (χ0) is 14.9. The molecule has 1 aromatic carbocycles. The Morgan fingerprint density at radius 3 is 2.75 bits per heavy atom. The molecule has 1 amide bonds. The van der Waals surface area contributed by atoms with Gasteiger partial charge in [0.1, 0.15) is 12.4 Å². The van der Waals surface area contributed by atoms with Crippen molar-refractivity contribution in [1.29, 1.82) is 0 Å². The summed E-state index contributed by atoms with van der Waals surface area (Å²) in [6.45, 7) is -0.729. The van der Waals surface area contributed by atoms with Gasteiger partial charge in [-0.1, -0.05) is 6.07 Å². The maximum atomic E-state index is 13.7. The molecule has 0 saturated heterocycles.